The third-order valence-electron chi connectivity index (χ3n) is 7.16. The Labute approximate surface area is 213 Å². The Bertz CT molecular complexity index is 1050. The number of likely N-dealkylation sites (tertiary alicyclic amines) is 1. The van der Waals surface area contributed by atoms with Crippen LogP contribution in [-0.2, 0) is 20.7 Å². The number of aryl methyl sites for hydroxylation is 1. The number of hydrogen-bond donors (Lipinski definition) is 1. The summed E-state index contributed by atoms with van der Waals surface area (Å²) in [4.78, 5) is 14.1. The average molecular weight is 496 g/mol. The summed E-state index contributed by atoms with van der Waals surface area (Å²) in [6, 6.07) is 13.7. The molecule has 2 fully saturated rings. The second kappa shape index (κ2) is 12.6. The minimum Gasteiger partial charge on any atom is -0.463 e. The number of aliphatic hydroxyl groups excluding tert-OH is 1. The van der Waals surface area contributed by atoms with Gasteiger partial charge in [-0.05, 0) is 92.8 Å². The number of hydrogen-bond acceptors (Lipinski definition) is 5. The molecule has 2 aliphatic rings. The zero-order valence-electron chi connectivity index (χ0n) is 21.4. The number of β-amino-alcohol motifs (C(OH)–C–C–N with tert-alkyl or cyclic N) is 1. The van der Waals surface area contributed by atoms with Crippen molar-refractivity contribution in [3.8, 4) is 0 Å². The lowest BCUT2D eigenvalue weighted by molar-refractivity contribution is -0.137. The number of nitrogens with zero attached hydrogens (tertiary/aromatic N) is 1. The van der Waals surface area contributed by atoms with Crippen molar-refractivity contribution in [1.82, 2.24) is 4.90 Å². The van der Waals surface area contributed by atoms with Crippen LogP contribution in [0.2, 0.25) is 0 Å². The first-order chi connectivity index (χ1) is 17.4. The molecule has 4 rings (SSSR count). The van der Waals surface area contributed by atoms with Crippen LogP contribution in [-0.4, -0.2) is 54.4 Å². The largest absolute Gasteiger partial charge is 0.463 e. The first-order valence-electron chi connectivity index (χ1n) is 13.2. The molecule has 0 amide bonds. The fraction of sp³-hybridized carbons (Fsp3) is 0.500. The SMILES string of the molecule is CCOC(=O)C=Cc1ccccc1[C@H](OC[C@H](O)CN1CCC[C@H]1Cc1ccc(C)c(F)c1)C1CC1. The van der Waals surface area contributed by atoms with E-state index in [1.807, 2.05) is 36.4 Å². The number of carbonyl (C=O) groups is 1. The standard InChI is InChI=1S/C30H38FNO4/c1-3-35-29(34)15-14-23-7-4-5-9-27(23)30(24-12-13-24)36-20-26(33)19-32-16-6-8-25(32)17-22-11-10-21(2)28(31)18-22/h4-5,7,9-11,14-15,18,24-26,30,33H,3,6,8,12-13,16-17,19-20H2,1-2H3/t25-,26+,30+/m0/s1. The molecular weight excluding hydrogens is 457 g/mol. The number of ether oxygens (including phenoxy) is 2. The van der Waals surface area contributed by atoms with Crippen LogP contribution in [0, 0.1) is 18.7 Å². The van der Waals surface area contributed by atoms with E-state index in [4.69, 9.17) is 9.47 Å². The highest BCUT2D eigenvalue weighted by Crippen LogP contribution is 2.44. The van der Waals surface area contributed by atoms with E-state index in [2.05, 4.69) is 4.90 Å². The second-order valence-corrected chi connectivity index (χ2v) is 10.0. The summed E-state index contributed by atoms with van der Waals surface area (Å²) in [6.07, 6.45) is 7.62. The highest BCUT2D eigenvalue weighted by atomic mass is 19.1. The summed E-state index contributed by atoms with van der Waals surface area (Å²) < 4.78 is 25.3. The number of aliphatic hydroxyl groups is 1. The van der Waals surface area contributed by atoms with Crippen LogP contribution in [0.3, 0.4) is 0 Å². The van der Waals surface area contributed by atoms with Crippen LogP contribution in [0.4, 0.5) is 4.39 Å². The Hall–Kier alpha value is -2.54. The van der Waals surface area contributed by atoms with Crippen molar-refractivity contribution in [1.29, 1.82) is 0 Å². The summed E-state index contributed by atoms with van der Waals surface area (Å²) in [7, 11) is 0. The fourth-order valence-electron chi connectivity index (χ4n) is 5.09. The molecule has 0 aromatic heterocycles. The molecule has 2 aromatic rings. The van der Waals surface area contributed by atoms with E-state index in [0.29, 0.717) is 30.7 Å². The van der Waals surface area contributed by atoms with Gasteiger partial charge in [0.1, 0.15) is 5.82 Å². The van der Waals surface area contributed by atoms with Gasteiger partial charge in [0.15, 0.2) is 0 Å². The smallest absolute Gasteiger partial charge is 0.330 e. The molecule has 1 saturated carbocycles. The quantitative estimate of drug-likeness (QED) is 0.322. The monoisotopic (exact) mass is 495 g/mol. The van der Waals surface area contributed by atoms with Crippen LogP contribution in [0.5, 0.6) is 0 Å². The molecule has 3 atom stereocenters. The van der Waals surface area contributed by atoms with Gasteiger partial charge in [-0.25, -0.2) is 9.18 Å². The molecule has 194 valence electrons. The van der Waals surface area contributed by atoms with Gasteiger partial charge in [0.25, 0.3) is 0 Å². The van der Waals surface area contributed by atoms with Crippen molar-refractivity contribution in [2.45, 2.75) is 64.2 Å². The van der Waals surface area contributed by atoms with Gasteiger partial charge in [0, 0.05) is 18.7 Å². The van der Waals surface area contributed by atoms with Crippen molar-refractivity contribution < 1.29 is 23.8 Å². The number of esters is 1. The lowest BCUT2D eigenvalue weighted by Crippen LogP contribution is -2.39. The topological polar surface area (TPSA) is 59.0 Å². The third kappa shape index (κ3) is 7.25. The molecule has 0 radical (unpaired) electrons. The lowest BCUT2D eigenvalue weighted by atomic mass is 9.98. The van der Waals surface area contributed by atoms with Crippen LogP contribution in [0.25, 0.3) is 6.08 Å². The predicted octanol–water partition coefficient (Wildman–Crippen LogP) is 5.25. The van der Waals surface area contributed by atoms with Crippen LogP contribution in [0.1, 0.15) is 61.0 Å². The molecule has 1 saturated heterocycles. The molecule has 1 aliphatic carbocycles. The summed E-state index contributed by atoms with van der Waals surface area (Å²) in [5.74, 6) is -0.0977. The highest BCUT2D eigenvalue weighted by molar-refractivity contribution is 5.87. The minimum atomic E-state index is -0.608. The number of carbonyl (C=O) groups excluding carboxylic acids is 1. The van der Waals surface area contributed by atoms with Crippen molar-refractivity contribution in [3.05, 3.63) is 76.6 Å². The Balaban J connectivity index is 1.35. The summed E-state index contributed by atoms with van der Waals surface area (Å²) in [5.41, 5.74) is 3.63. The van der Waals surface area contributed by atoms with Gasteiger partial charge in [-0.15, -0.1) is 0 Å². The van der Waals surface area contributed by atoms with E-state index >= 15 is 0 Å². The first kappa shape index (κ1) is 26.5. The van der Waals surface area contributed by atoms with E-state index in [1.165, 1.54) is 6.08 Å². The summed E-state index contributed by atoms with van der Waals surface area (Å²) in [5, 5.41) is 10.9. The van der Waals surface area contributed by atoms with Crippen molar-refractivity contribution in [2.24, 2.45) is 5.92 Å². The molecule has 2 aromatic carbocycles. The Morgan fingerprint density at radius 2 is 2.03 bits per heavy atom. The van der Waals surface area contributed by atoms with E-state index in [-0.39, 0.29) is 24.5 Å². The Morgan fingerprint density at radius 3 is 2.78 bits per heavy atom. The summed E-state index contributed by atoms with van der Waals surface area (Å²) in [6.45, 7) is 5.64. The Morgan fingerprint density at radius 1 is 1.22 bits per heavy atom. The zero-order valence-corrected chi connectivity index (χ0v) is 21.4. The van der Waals surface area contributed by atoms with Gasteiger partial charge in [-0.1, -0.05) is 36.4 Å². The molecule has 6 heteroatoms. The molecule has 1 heterocycles. The van der Waals surface area contributed by atoms with Gasteiger partial charge in [0.05, 0.1) is 25.4 Å². The number of rotatable bonds is 12. The molecule has 1 N–H and O–H groups in total. The normalized spacial score (nSPS) is 20.1. The molecular formula is C30H38FNO4. The molecule has 0 unspecified atom stereocenters. The molecule has 1 aliphatic heterocycles. The van der Waals surface area contributed by atoms with E-state index in [9.17, 15) is 14.3 Å². The van der Waals surface area contributed by atoms with Gasteiger partial charge >= 0.3 is 5.97 Å². The zero-order chi connectivity index (χ0) is 25.5. The van der Waals surface area contributed by atoms with Gasteiger partial charge < -0.3 is 14.6 Å². The van der Waals surface area contributed by atoms with Crippen LogP contribution in [0.15, 0.2) is 48.5 Å². The predicted molar refractivity (Wildman–Crippen MR) is 139 cm³/mol. The molecule has 0 bridgehead atoms. The van der Waals surface area contributed by atoms with E-state index in [1.54, 1.807) is 26.0 Å². The van der Waals surface area contributed by atoms with Gasteiger partial charge in [-0.3, -0.25) is 4.90 Å². The van der Waals surface area contributed by atoms with Crippen molar-refractivity contribution in [2.75, 3.05) is 26.3 Å². The van der Waals surface area contributed by atoms with Gasteiger partial charge in [0.2, 0.25) is 0 Å². The number of halogens is 1. The maximum atomic E-state index is 14.0. The first-order valence-corrected chi connectivity index (χ1v) is 13.2. The third-order valence-corrected chi connectivity index (χ3v) is 7.16. The second-order valence-electron chi connectivity index (χ2n) is 10.0. The maximum Gasteiger partial charge on any atom is 0.330 e. The van der Waals surface area contributed by atoms with Crippen LogP contribution >= 0.6 is 0 Å². The molecule has 5 nitrogen and oxygen atoms in total. The highest BCUT2D eigenvalue weighted by Gasteiger charge is 2.35. The minimum absolute atomic E-state index is 0.118. The Kier molecular flexibility index (Phi) is 9.30. The van der Waals surface area contributed by atoms with Gasteiger partial charge in [-0.2, -0.15) is 0 Å². The maximum absolute atomic E-state index is 14.0. The van der Waals surface area contributed by atoms with Crippen molar-refractivity contribution >= 4 is 12.0 Å². The fourth-order valence-corrected chi connectivity index (χ4v) is 5.09. The summed E-state index contributed by atoms with van der Waals surface area (Å²) >= 11 is 0. The average Bonchev–Trinajstić information content (AvgIpc) is 3.61. The van der Waals surface area contributed by atoms with Crippen LogP contribution < -0.4 is 0 Å². The number of benzene rings is 2. The molecule has 0 spiro atoms. The van der Waals surface area contributed by atoms with E-state index in [0.717, 1.165) is 55.3 Å². The van der Waals surface area contributed by atoms with E-state index < -0.39 is 6.10 Å². The molecule has 36 heavy (non-hydrogen) atoms. The van der Waals surface area contributed by atoms with Crippen molar-refractivity contribution in [3.63, 3.8) is 0 Å². The lowest BCUT2D eigenvalue weighted by Gasteiger charge is -2.28.